The Bertz CT molecular complexity index is 1440. The van der Waals surface area contributed by atoms with Gasteiger partial charge in [-0.25, -0.2) is 4.79 Å². The standard InChI is InChI=1S/C35H56N8O11/c1-6-19(4)28(35(53)54)41-29(47)20(5)38-25(44)17-37-32(50)23-11-8-14-42(23)33(51)24-12-9-15-43(24)34(52)27(18(2)3)40-31(49)22(16-26(45)46)39-30(48)21-10-7-13-36-21/h18-24,27-28,36H,6-17H2,1-5H3,(H,37,50)(H,38,44)(H,39,48)(H,40,49)(H,41,47)(H,45,46)(H,53,54)/t19-,20-,21-,22-,23-,24-,27-,28-/m0/s1. The van der Waals surface area contributed by atoms with E-state index in [0.717, 1.165) is 6.42 Å². The maximum Gasteiger partial charge on any atom is 0.326 e. The summed E-state index contributed by atoms with van der Waals surface area (Å²) in [6.45, 7) is 8.77. The molecule has 8 atom stereocenters. The summed E-state index contributed by atoms with van der Waals surface area (Å²) in [4.78, 5) is 118. The predicted octanol–water partition coefficient (Wildman–Crippen LogP) is -1.94. The van der Waals surface area contributed by atoms with Crippen molar-refractivity contribution in [2.45, 2.75) is 128 Å². The van der Waals surface area contributed by atoms with E-state index in [-0.39, 0.29) is 19.0 Å². The average Bonchev–Trinajstić information content (AvgIpc) is 3.92. The number of hydrogen-bond donors (Lipinski definition) is 8. The molecule has 19 nitrogen and oxygen atoms in total. The van der Waals surface area contributed by atoms with Crippen LogP contribution >= 0.6 is 0 Å². The van der Waals surface area contributed by atoms with Gasteiger partial charge < -0.3 is 51.9 Å². The Morgan fingerprint density at radius 2 is 1.37 bits per heavy atom. The second-order valence-electron chi connectivity index (χ2n) is 14.6. The fourth-order valence-corrected chi connectivity index (χ4v) is 6.90. The number of carboxylic acid groups (broad SMARTS) is 2. The van der Waals surface area contributed by atoms with Crippen molar-refractivity contribution in [1.29, 1.82) is 0 Å². The maximum atomic E-state index is 13.9. The molecular weight excluding hydrogens is 708 g/mol. The molecule has 0 radical (unpaired) electrons. The van der Waals surface area contributed by atoms with Crippen LogP contribution in [0, 0.1) is 11.8 Å². The number of aliphatic carboxylic acids is 2. The Morgan fingerprint density at radius 1 is 0.741 bits per heavy atom. The molecule has 54 heavy (non-hydrogen) atoms. The number of carbonyl (C=O) groups excluding carboxylic acids is 7. The van der Waals surface area contributed by atoms with E-state index < -0.39 is 114 Å². The lowest BCUT2D eigenvalue weighted by atomic mass is 9.99. The molecule has 3 aliphatic rings. The van der Waals surface area contributed by atoms with Crippen molar-refractivity contribution < 1.29 is 53.4 Å². The molecule has 0 aromatic heterocycles. The Kier molecular flexibility index (Phi) is 16.2. The molecule has 0 unspecified atom stereocenters. The van der Waals surface area contributed by atoms with Crippen LogP contribution in [0.15, 0.2) is 0 Å². The molecule has 0 spiro atoms. The molecule has 3 aliphatic heterocycles. The van der Waals surface area contributed by atoms with Crippen LogP contribution in [0.25, 0.3) is 0 Å². The van der Waals surface area contributed by atoms with Gasteiger partial charge in [-0.1, -0.05) is 34.1 Å². The van der Waals surface area contributed by atoms with Crippen molar-refractivity contribution in [2.24, 2.45) is 11.8 Å². The molecule has 7 amide bonds. The number of nitrogens with one attached hydrogen (secondary N) is 6. The summed E-state index contributed by atoms with van der Waals surface area (Å²) in [6, 6.07) is -7.22. The third kappa shape index (κ3) is 11.6. The highest BCUT2D eigenvalue weighted by Crippen LogP contribution is 2.26. The molecular formula is C35H56N8O11. The highest BCUT2D eigenvalue weighted by molar-refractivity contribution is 5.98. The molecule has 3 fully saturated rings. The quantitative estimate of drug-likeness (QED) is 0.0758. The topological polar surface area (TPSA) is 273 Å². The summed E-state index contributed by atoms with van der Waals surface area (Å²) in [7, 11) is 0. The molecule has 3 heterocycles. The summed E-state index contributed by atoms with van der Waals surface area (Å²) < 4.78 is 0. The first kappa shape index (κ1) is 43.6. The molecule has 302 valence electrons. The summed E-state index contributed by atoms with van der Waals surface area (Å²) >= 11 is 0. The molecule has 0 bridgehead atoms. The monoisotopic (exact) mass is 764 g/mol. The summed E-state index contributed by atoms with van der Waals surface area (Å²) in [5.74, 6) is -7.71. The van der Waals surface area contributed by atoms with Crippen LogP contribution in [0.4, 0.5) is 0 Å². The summed E-state index contributed by atoms with van der Waals surface area (Å²) in [5, 5.41) is 34.3. The van der Waals surface area contributed by atoms with Crippen LogP contribution < -0.4 is 31.9 Å². The summed E-state index contributed by atoms with van der Waals surface area (Å²) in [6.07, 6.45) is 2.69. The van der Waals surface area contributed by atoms with Gasteiger partial charge in [0.2, 0.25) is 41.4 Å². The van der Waals surface area contributed by atoms with Crippen molar-refractivity contribution >= 4 is 53.3 Å². The zero-order valence-electron chi connectivity index (χ0n) is 31.6. The van der Waals surface area contributed by atoms with Crippen molar-refractivity contribution in [3.63, 3.8) is 0 Å². The lowest BCUT2D eigenvalue weighted by molar-refractivity contribution is -0.148. The number of carboxylic acids is 2. The predicted molar refractivity (Wildman–Crippen MR) is 191 cm³/mol. The Labute approximate surface area is 314 Å². The van der Waals surface area contributed by atoms with Crippen LogP contribution in [-0.4, -0.2) is 142 Å². The normalized spacial score (nSPS) is 22.4. The van der Waals surface area contributed by atoms with Gasteiger partial charge in [-0.05, 0) is 63.8 Å². The first-order chi connectivity index (χ1) is 25.5. The first-order valence-electron chi connectivity index (χ1n) is 18.7. The number of rotatable bonds is 18. The van der Waals surface area contributed by atoms with Gasteiger partial charge in [-0.2, -0.15) is 0 Å². The minimum absolute atomic E-state index is 0.207. The van der Waals surface area contributed by atoms with E-state index >= 15 is 0 Å². The second kappa shape index (κ2) is 20.0. The Morgan fingerprint density at radius 3 is 1.94 bits per heavy atom. The van der Waals surface area contributed by atoms with Gasteiger partial charge in [0.15, 0.2) is 0 Å². The van der Waals surface area contributed by atoms with Crippen LogP contribution in [0.3, 0.4) is 0 Å². The second-order valence-corrected chi connectivity index (χ2v) is 14.6. The maximum absolute atomic E-state index is 13.9. The minimum Gasteiger partial charge on any atom is -0.481 e. The highest BCUT2D eigenvalue weighted by atomic mass is 16.4. The first-order valence-corrected chi connectivity index (χ1v) is 18.7. The van der Waals surface area contributed by atoms with Gasteiger partial charge in [0, 0.05) is 13.1 Å². The van der Waals surface area contributed by atoms with E-state index in [4.69, 9.17) is 0 Å². The van der Waals surface area contributed by atoms with E-state index in [0.29, 0.717) is 45.1 Å². The molecule has 8 N–H and O–H groups in total. The Hall–Kier alpha value is -4.81. The smallest absolute Gasteiger partial charge is 0.326 e. The average molecular weight is 765 g/mol. The van der Waals surface area contributed by atoms with Gasteiger partial charge >= 0.3 is 11.9 Å². The van der Waals surface area contributed by atoms with E-state index in [2.05, 4.69) is 31.9 Å². The fourth-order valence-electron chi connectivity index (χ4n) is 6.90. The van der Waals surface area contributed by atoms with Gasteiger partial charge in [-0.3, -0.25) is 38.4 Å². The highest BCUT2D eigenvalue weighted by Gasteiger charge is 2.44. The van der Waals surface area contributed by atoms with E-state index in [1.807, 2.05) is 0 Å². The molecule has 0 aromatic rings. The molecule has 3 rings (SSSR count). The van der Waals surface area contributed by atoms with Gasteiger partial charge in [-0.15, -0.1) is 0 Å². The van der Waals surface area contributed by atoms with Gasteiger partial charge in [0.1, 0.15) is 36.3 Å². The van der Waals surface area contributed by atoms with Crippen LogP contribution in [0.2, 0.25) is 0 Å². The van der Waals surface area contributed by atoms with E-state index in [1.54, 1.807) is 27.7 Å². The lowest BCUT2D eigenvalue weighted by Crippen LogP contribution is -2.60. The molecule has 0 saturated carbocycles. The molecule has 19 heteroatoms. The van der Waals surface area contributed by atoms with Gasteiger partial charge in [0.25, 0.3) is 0 Å². The summed E-state index contributed by atoms with van der Waals surface area (Å²) in [5.41, 5.74) is 0. The van der Waals surface area contributed by atoms with Crippen LogP contribution in [0.5, 0.6) is 0 Å². The van der Waals surface area contributed by atoms with Crippen molar-refractivity contribution in [3.8, 4) is 0 Å². The molecule has 3 saturated heterocycles. The largest absolute Gasteiger partial charge is 0.481 e. The fraction of sp³-hybridized carbons (Fsp3) is 0.743. The number of hydrogen-bond acceptors (Lipinski definition) is 10. The number of carbonyl (C=O) groups is 9. The third-order valence-electron chi connectivity index (χ3n) is 10.2. The number of nitrogens with zero attached hydrogens (tertiary/aromatic N) is 2. The van der Waals surface area contributed by atoms with Crippen LogP contribution in [-0.2, 0) is 43.2 Å². The molecule has 0 aliphatic carbocycles. The zero-order chi connectivity index (χ0) is 40.3. The third-order valence-corrected chi connectivity index (χ3v) is 10.2. The molecule has 0 aromatic carbocycles. The van der Waals surface area contributed by atoms with Crippen molar-refractivity contribution in [2.75, 3.05) is 26.2 Å². The zero-order valence-corrected chi connectivity index (χ0v) is 31.6. The SMILES string of the molecule is CC[C@H](C)[C@H](NC(=O)[C@H](C)NC(=O)CNC(=O)[C@@H]1CCCN1C(=O)[C@@H]1CCCN1C(=O)[C@@H](NC(=O)[C@H](CC(=O)O)NC(=O)[C@@H]1CCCN1)C(C)C)C(=O)O. The van der Waals surface area contributed by atoms with Gasteiger partial charge in [0.05, 0.1) is 19.0 Å². The van der Waals surface area contributed by atoms with E-state index in [9.17, 15) is 53.4 Å². The van der Waals surface area contributed by atoms with E-state index in [1.165, 1.54) is 16.7 Å². The Balaban J connectivity index is 1.61. The van der Waals surface area contributed by atoms with Crippen LogP contribution in [0.1, 0.15) is 86.0 Å². The van der Waals surface area contributed by atoms with Crippen molar-refractivity contribution in [1.82, 2.24) is 41.7 Å². The minimum atomic E-state index is -1.44. The number of amides is 7. The lowest BCUT2D eigenvalue weighted by Gasteiger charge is -2.34. The number of likely N-dealkylation sites (tertiary alicyclic amines) is 2. The van der Waals surface area contributed by atoms with Crippen molar-refractivity contribution in [3.05, 3.63) is 0 Å².